The van der Waals surface area contributed by atoms with Crippen molar-refractivity contribution in [3.8, 4) is 5.69 Å². The highest BCUT2D eigenvalue weighted by Crippen LogP contribution is 2.32. The van der Waals surface area contributed by atoms with Crippen LogP contribution in [0.15, 0.2) is 42.5 Å². The Morgan fingerprint density at radius 3 is 2.66 bits per heavy atom. The van der Waals surface area contributed by atoms with Crippen LogP contribution in [0.1, 0.15) is 21.6 Å². The molecule has 0 radical (unpaired) electrons. The summed E-state index contributed by atoms with van der Waals surface area (Å²) in [5.41, 5.74) is 1.33. The standard InChI is InChI=1S/C18H12ClFN4O4S/c19-14-6-1-10(7-16(14)24(26)27)18(25)21-17-13-8-29(28)9-15(13)22-23(17)12-4-2-11(20)3-5-12/h1-7H,8-9H2,(H,21,25). The molecule has 2 heterocycles. The molecule has 0 saturated carbocycles. The number of hydrogen-bond donors (Lipinski definition) is 1. The van der Waals surface area contributed by atoms with Crippen molar-refractivity contribution in [3.05, 3.63) is 80.2 Å². The van der Waals surface area contributed by atoms with Crippen molar-refractivity contribution in [3.63, 3.8) is 0 Å². The van der Waals surface area contributed by atoms with E-state index in [1.54, 1.807) is 0 Å². The summed E-state index contributed by atoms with van der Waals surface area (Å²) in [5, 5.41) is 18.1. The maximum Gasteiger partial charge on any atom is 0.288 e. The zero-order chi connectivity index (χ0) is 20.7. The van der Waals surface area contributed by atoms with Gasteiger partial charge in [-0.25, -0.2) is 9.07 Å². The van der Waals surface area contributed by atoms with Gasteiger partial charge in [0.2, 0.25) is 0 Å². The minimum absolute atomic E-state index is 0.0285. The Hall–Kier alpha value is -3.11. The van der Waals surface area contributed by atoms with Crippen molar-refractivity contribution < 1.29 is 18.3 Å². The Bertz CT molecular complexity index is 1180. The van der Waals surface area contributed by atoms with Gasteiger partial charge >= 0.3 is 0 Å². The van der Waals surface area contributed by atoms with Crippen LogP contribution >= 0.6 is 11.6 Å². The van der Waals surface area contributed by atoms with E-state index in [9.17, 15) is 23.5 Å². The third-order valence-corrected chi connectivity index (χ3v) is 5.90. The molecule has 0 bridgehead atoms. The molecule has 3 aromatic rings. The summed E-state index contributed by atoms with van der Waals surface area (Å²) < 4.78 is 26.6. The number of nitro benzene ring substituents is 1. The van der Waals surface area contributed by atoms with E-state index in [-0.39, 0.29) is 22.1 Å². The first-order valence-corrected chi connectivity index (χ1v) is 10.2. The number of nitro groups is 1. The van der Waals surface area contributed by atoms with Gasteiger partial charge < -0.3 is 5.32 Å². The van der Waals surface area contributed by atoms with E-state index in [0.717, 1.165) is 6.07 Å². The predicted octanol–water partition coefficient (Wildman–Crippen LogP) is 3.59. The maximum absolute atomic E-state index is 13.3. The summed E-state index contributed by atoms with van der Waals surface area (Å²) in [6.45, 7) is 0. The molecule has 2 aromatic carbocycles. The second kappa shape index (κ2) is 7.37. The van der Waals surface area contributed by atoms with Gasteiger partial charge in [0.15, 0.2) is 0 Å². The summed E-state index contributed by atoms with van der Waals surface area (Å²) in [4.78, 5) is 23.2. The zero-order valence-corrected chi connectivity index (χ0v) is 16.2. The number of carbonyl (C=O) groups excluding carboxylic acids is 1. The highest BCUT2D eigenvalue weighted by Gasteiger charge is 2.29. The quantitative estimate of drug-likeness (QED) is 0.498. The van der Waals surface area contributed by atoms with Gasteiger partial charge in [0.1, 0.15) is 16.7 Å². The highest BCUT2D eigenvalue weighted by atomic mass is 35.5. The first kappa shape index (κ1) is 19.2. The van der Waals surface area contributed by atoms with Crippen molar-refractivity contribution in [1.82, 2.24) is 9.78 Å². The number of nitrogens with zero attached hydrogens (tertiary/aromatic N) is 3. The largest absolute Gasteiger partial charge is 0.306 e. The van der Waals surface area contributed by atoms with E-state index < -0.39 is 33.1 Å². The van der Waals surface area contributed by atoms with Crippen LogP contribution < -0.4 is 5.32 Å². The first-order valence-electron chi connectivity index (χ1n) is 8.30. The number of benzene rings is 2. The molecule has 1 aliphatic rings. The predicted molar refractivity (Wildman–Crippen MR) is 105 cm³/mol. The van der Waals surface area contributed by atoms with Crippen LogP contribution in [0, 0.1) is 15.9 Å². The number of nitrogens with one attached hydrogen (secondary N) is 1. The smallest absolute Gasteiger partial charge is 0.288 e. The number of rotatable bonds is 4. The maximum atomic E-state index is 13.3. The number of aromatic nitrogens is 2. The number of anilines is 1. The molecule has 1 atom stereocenters. The van der Waals surface area contributed by atoms with Gasteiger partial charge in [-0.1, -0.05) is 11.6 Å². The summed E-state index contributed by atoms with van der Waals surface area (Å²) in [6, 6.07) is 9.22. The van der Waals surface area contributed by atoms with Crippen molar-refractivity contribution in [2.24, 2.45) is 0 Å². The van der Waals surface area contributed by atoms with Crippen LogP contribution in [0.5, 0.6) is 0 Å². The number of fused-ring (bicyclic) bond motifs is 1. The molecule has 1 N–H and O–H groups in total. The SMILES string of the molecule is O=C(Nc1c2c(nn1-c1ccc(F)cc1)CS(=O)C2)c1ccc(Cl)c([N+](=O)[O-])c1. The summed E-state index contributed by atoms with van der Waals surface area (Å²) >= 11 is 5.80. The minimum Gasteiger partial charge on any atom is -0.306 e. The molecule has 8 nitrogen and oxygen atoms in total. The molecule has 1 aromatic heterocycles. The summed E-state index contributed by atoms with van der Waals surface area (Å²) in [7, 11) is -1.13. The third kappa shape index (κ3) is 3.64. The molecule has 29 heavy (non-hydrogen) atoms. The fourth-order valence-electron chi connectivity index (χ4n) is 3.00. The van der Waals surface area contributed by atoms with E-state index in [2.05, 4.69) is 10.4 Å². The fraction of sp³-hybridized carbons (Fsp3) is 0.111. The van der Waals surface area contributed by atoms with Crippen molar-refractivity contribution in [1.29, 1.82) is 0 Å². The Morgan fingerprint density at radius 1 is 1.24 bits per heavy atom. The van der Waals surface area contributed by atoms with Crippen LogP contribution in [0.2, 0.25) is 5.02 Å². The highest BCUT2D eigenvalue weighted by molar-refractivity contribution is 7.83. The Morgan fingerprint density at radius 2 is 1.97 bits per heavy atom. The molecule has 4 rings (SSSR count). The van der Waals surface area contributed by atoms with Crippen LogP contribution in [0.4, 0.5) is 15.9 Å². The summed E-state index contributed by atoms with van der Waals surface area (Å²) in [6.07, 6.45) is 0. The van der Waals surface area contributed by atoms with Crippen molar-refractivity contribution in [2.45, 2.75) is 11.5 Å². The average Bonchev–Trinajstić information content (AvgIpc) is 3.19. The van der Waals surface area contributed by atoms with Gasteiger partial charge in [-0.05, 0) is 36.4 Å². The zero-order valence-electron chi connectivity index (χ0n) is 14.6. The molecular formula is C18H12ClFN4O4S. The van der Waals surface area contributed by atoms with Gasteiger partial charge in [-0.3, -0.25) is 19.1 Å². The number of carbonyl (C=O) groups is 1. The minimum atomic E-state index is -1.13. The van der Waals surface area contributed by atoms with Crippen molar-refractivity contribution in [2.75, 3.05) is 5.32 Å². The van der Waals surface area contributed by atoms with Crippen LogP contribution in [0.3, 0.4) is 0 Å². The molecule has 0 fully saturated rings. The Balaban J connectivity index is 1.74. The van der Waals surface area contributed by atoms with E-state index >= 15 is 0 Å². The van der Waals surface area contributed by atoms with E-state index in [1.165, 1.54) is 41.1 Å². The molecule has 1 aliphatic heterocycles. The number of hydrogen-bond acceptors (Lipinski definition) is 5. The van der Waals surface area contributed by atoms with E-state index in [4.69, 9.17) is 11.6 Å². The molecule has 0 saturated heterocycles. The first-order chi connectivity index (χ1) is 13.8. The lowest BCUT2D eigenvalue weighted by molar-refractivity contribution is -0.384. The molecule has 0 aliphatic carbocycles. The molecule has 0 spiro atoms. The van der Waals surface area contributed by atoms with Gasteiger partial charge in [0.05, 0.1) is 27.8 Å². The summed E-state index contributed by atoms with van der Waals surface area (Å²) in [5.74, 6) is -0.284. The Labute approximate surface area is 170 Å². The number of amides is 1. The third-order valence-electron chi connectivity index (χ3n) is 4.38. The van der Waals surface area contributed by atoms with Crippen LogP contribution in [0.25, 0.3) is 5.69 Å². The number of halogens is 2. The van der Waals surface area contributed by atoms with E-state index in [1.807, 2.05) is 0 Å². The molecule has 1 amide bonds. The van der Waals surface area contributed by atoms with Crippen LogP contribution in [-0.2, 0) is 22.3 Å². The lowest BCUT2D eigenvalue weighted by Crippen LogP contribution is -2.17. The monoisotopic (exact) mass is 434 g/mol. The van der Waals surface area contributed by atoms with Crippen LogP contribution in [-0.4, -0.2) is 24.8 Å². The Kier molecular flexibility index (Phi) is 4.89. The van der Waals surface area contributed by atoms with E-state index in [0.29, 0.717) is 22.8 Å². The molecule has 1 unspecified atom stereocenters. The lowest BCUT2D eigenvalue weighted by atomic mass is 10.2. The van der Waals surface area contributed by atoms with Gasteiger partial charge in [-0.2, -0.15) is 5.10 Å². The van der Waals surface area contributed by atoms with Gasteiger partial charge in [0, 0.05) is 28.0 Å². The van der Waals surface area contributed by atoms with Gasteiger partial charge in [0.25, 0.3) is 11.6 Å². The topological polar surface area (TPSA) is 107 Å². The average molecular weight is 435 g/mol. The second-order valence-electron chi connectivity index (χ2n) is 6.27. The fourth-order valence-corrected chi connectivity index (χ4v) is 4.45. The van der Waals surface area contributed by atoms with Crippen molar-refractivity contribution >= 4 is 39.8 Å². The normalized spacial score (nSPS) is 15.2. The molecule has 148 valence electrons. The molecular weight excluding hydrogens is 423 g/mol. The lowest BCUT2D eigenvalue weighted by Gasteiger charge is -2.11. The van der Waals surface area contributed by atoms with Gasteiger partial charge in [-0.15, -0.1) is 0 Å². The second-order valence-corrected chi connectivity index (χ2v) is 8.13. The molecule has 11 heteroatoms.